The number of nitrogens with zero attached hydrogens (tertiary/aromatic N) is 3. The van der Waals surface area contributed by atoms with Crippen LogP contribution in [0, 0.1) is 6.92 Å². The number of rotatable bonds is 1. The van der Waals surface area contributed by atoms with E-state index in [1.807, 2.05) is 33.0 Å². The maximum Gasteiger partial charge on any atom is 0.410 e. The van der Waals surface area contributed by atoms with Gasteiger partial charge in [-0.25, -0.2) is 9.78 Å². The van der Waals surface area contributed by atoms with Crippen LogP contribution in [0.2, 0.25) is 0 Å². The van der Waals surface area contributed by atoms with Gasteiger partial charge in [0.25, 0.3) is 0 Å². The monoisotopic (exact) mass is 291 g/mol. The second kappa shape index (κ2) is 5.92. The van der Waals surface area contributed by atoms with Crippen molar-refractivity contribution in [2.45, 2.75) is 46.3 Å². The SMILES string of the molecule is Cc1ccnc(N2CCN(C(=O)OC(C)(C)C)C[C@@H]2C)c1. The molecule has 1 aromatic rings. The third-order valence-electron chi connectivity index (χ3n) is 3.47. The molecule has 1 aliphatic heterocycles. The molecule has 0 bridgehead atoms. The average Bonchev–Trinajstić information content (AvgIpc) is 2.36. The first-order chi connectivity index (χ1) is 9.76. The van der Waals surface area contributed by atoms with E-state index in [2.05, 4.69) is 29.8 Å². The molecule has 0 aromatic carbocycles. The molecule has 2 heterocycles. The largest absolute Gasteiger partial charge is 0.444 e. The smallest absolute Gasteiger partial charge is 0.410 e. The van der Waals surface area contributed by atoms with Crippen LogP contribution < -0.4 is 4.90 Å². The minimum atomic E-state index is -0.449. The Bertz CT molecular complexity index is 510. The van der Waals surface area contributed by atoms with Gasteiger partial charge in [-0.1, -0.05) is 0 Å². The molecular formula is C16H25N3O2. The van der Waals surface area contributed by atoms with Crippen molar-refractivity contribution >= 4 is 11.9 Å². The summed E-state index contributed by atoms with van der Waals surface area (Å²) in [5, 5.41) is 0. The Balaban J connectivity index is 2.01. The number of amides is 1. The standard InChI is InChI=1S/C16H25N3O2/c1-12-6-7-17-14(10-12)19-9-8-18(11-13(19)2)15(20)21-16(3,4)5/h6-7,10,13H,8-9,11H2,1-5H3/t13-/m0/s1. The van der Waals surface area contributed by atoms with E-state index in [1.54, 1.807) is 4.90 Å². The van der Waals surface area contributed by atoms with Crippen LogP contribution in [0.4, 0.5) is 10.6 Å². The van der Waals surface area contributed by atoms with Gasteiger partial charge in [0.2, 0.25) is 0 Å². The van der Waals surface area contributed by atoms with Gasteiger partial charge >= 0.3 is 6.09 Å². The summed E-state index contributed by atoms with van der Waals surface area (Å²) >= 11 is 0. The first-order valence-electron chi connectivity index (χ1n) is 7.43. The lowest BCUT2D eigenvalue weighted by Crippen LogP contribution is -2.54. The van der Waals surface area contributed by atoms with E-state index in [0.717, 1.165) is 12.4 Å². The fourth-order valence-electron chi connectivity index (χ4n) is 2.47. The van der Waals surface area contributed by atoms with E-state index in [9.17, 15) is 4.79 Å². The molecule has 2 rings (SSSR count). The summed E-state index contributed by atoms with van der Waals surface area (Å²) in [6, 6.07) is 4.30. The van der Waals surface area contributed by atoms with E-state index in [-0.39, 0.29) is 12.1 Å². The van der Waals surface area contributed by atoms with E-state index in [0.29, 0.717) is 13.1 Å². The van der Waals surface area contributed by atoms with Crippen LogP contribution in [0.15, 0.2) is 18.3 Å². The predicted molar refractivity (Wildman–Crippen MR) is 83.6 cm³/mol. The molecule has 21 heavy (non-hydrogen) atoms. The Morgan fingerprint density at radius 1 is 1.38 bits per heavy atom. The predicted octanol–water partition coefficient (Wildman–Crippen LogP) is 2.84. The zero-order valence-electron chi connectivity index (χ0n) is 13.6. The molecule has 0 aliphatic carbocycles. The zero-order chi connectivity index (χ0) is 15.6. The number of hydrogen-bond acceptors (Lipinski definition) is 4. The number of aromatic nitrogens is 1. The number of hydrogen-bond donors (Lipinski definition) is 0. The molecule has 5 nitrogen and oxygen atoms in total. The second-order valence-corrected chi connectivity index (χ2v) is 6.66. The van der Waals surface area contributed by atoms with Gasteiger partial charge in [0.1, 0.15) is 11.4 Å². The lowest BCUT2D eigenvalue weighted by molar-refractivity contribution is 0.0218. The third kappa shape index (κ3) is 4.09. The molecule has 0 radical (unpaired) electrons. The number of ether oxygens (including phenoxy) is 1. The first-order valence-corrected chi connectivity index (χ1v) is 7.43. The summed E-state index contributed by atoms with van der Waals surface area (Å²) in [6.07, 6.45) is 1.60. The average molecular weight is 291 g/mol. The molecular weight excluding hydrogens is 266 g/mol. The lowest BCUT2D eigenvalue weighted by Gasteiger charge is -2.40. The highest BCUT2D eigenvalue weighted by molar-refractivity contribution is 5.68. The highest BCUT2D eigenvalue weighted by atomic mass is 16.6. The van der Waals surface area contributed by atoms with Gasteiger partial charge in [0, 0.05) is 31.9 Å². The molecule has 0 N–H and O–H groups in total. The minimum absolute atomic E-state index is 0.223. The maximum absolute atomic E-state index is 12.1. The Kier molecular flexibility index (Phi) is 4.40. The van der Waals surface area contributed by atoms with Crippen molar-refractivity contribution < 1.29 is 9.53 Å². The van der Waals surface area contributed by atoms with Gasteiger partial charge in [0.15, 0.2) is 0 Å². The first kappa shape index (κ1) is 15.6. The van der Waals surface area contributed by atoms with Crippen molar-refractivity contribution in [2.24, 2.45) is 0 Å². The van der Waals surface area contributed by atoms with Crippen molar-refractivity contribution in [3.8, 4) is 0 Å². The summed E-state index contributed by atoms with van der Waals surface area (Å²) in [7, 11) is 0. The van der Waals surface area contributed by atoms with Crippen LogP contribution in [0.3, 0.4) is 0 Å². The summed E-state index contributed by atoms with van der Waals surface area (Å²) in [5.41, 5.74) is 0.747. The zero-order valence-corrected chi connectivity index (χ0v) is 13.6. The van der Waals surface area contributed by atoms with Gasteiger partial charge in [-0.05, 0) is 52.3 Å². The van der Waals surface area contributed by atoms with Gasteiger partial charge in [-0.2, -0.15) is 0 Å². The van der Waals surface area contributed by atoms with Crippen molar-refractivity contribution in [1.29, 1.82) is 0 Å². The van der Waals surface area contributed by atoms with E-state index in [1.165, 1.54) is 5.56 Å². The van der Waals surface area contributed by atoms with Crippen LogP contribution in [-0.2, 0) is 4.74 Å². The summed E-state index contributed by atoms with van der Waals surface area (Å²) < 4.78 is 5.44. The van der Waals surface area contributed by atoms with Crippen molar-refractivity contribution in [3.05, 3.63) is 23.9 Å². The number of piperazine rings is 1. The third-order valence-corrected chi connectivity index (χ3v) is 3.47. The summed E-state index contributed by atoms with van der Waals surface area (Å²) in [5.74, 6) is 0.978. The number of carbonyl (C=O) groups excluding carboxylic acids is 1. The maximum atomic E-state index is 12.1. The van der Waals surface area contributed by atoms with Gasteiger partial charge in [0.05, 0.1) is 0 Å². The van der Waals surface area contributed by atoms with Gasteiger partial charge < -0.3 is 14.5 Å². The molecule has 1 aromatic heterocycles. The van der Waals surface area contributed by atoms with Crippen molar-refractivity contribution in [3.63, 3.8) is 0 Å². The van der Waals surface area contributed by atoms with Crippen molar-refractivity contribution in [2.75, 3.05) is 24.5 Å². The Morgan fingerprint density at radius 2 is 2.10 bits per heavy atom. The van der Waals surface area contributed by atoms with E-state index < -0.39 is 5.60 Å². The molecule has 1 atom stereocenters. The van der Waals surface area contributed by atoms with Crippen LogP contribution in [0.25, 0.3) is 0 Å². The minimum Gasteiger partial charge on any atom is -0.444 e. The number of pyridine rings is 1. The number of aryl methyl sites for hydroxylation is 1. The molecule has 0 saturated carbocycles. The highest BCUT2D eigenvalue weighted by Crippen LogP contribution is 2.20. The van der Waals surface area contributed by atoms with Crippen LogP contribution >= 0.6 is 0 Å². The van der Waals surface area contributed by atoms with Crippen LogP contribution in [0.1, 0.15) is 33.3 Å². The lowest BCUT2D eigenvalue weighted by atomic mass is 10.1. The molecule has 0 unspecified atom stereocenters. The normalized spacial score (nSPS) is 19.6. The number of carbonyl (C=O) groups is 1. The Labute approximate surface area is 126 Å². The van der Waals surface area contributed by atoms with Gasteiger partial charge in [-0.3, -0.25) is 0 Å². The second-order valence-electron chi connectivity index (χ2n) is 6.66. The molecule has 1 saturated heterocycles. The fraction of sp³-hybridized carbons (Fsp3) is 0.625. The molecule has 5 heteroatoms. The van der Waals surface area contributed by atoms with Crippen molar-refractivity contribution in [1.82, 2.24) is 9.88 Å². The van der Waals surface area contributed by atoms with Crippen LogP contribution in [0.5, 0.6) is 0 Å². The Hall–Kier alpha value is -1.78. The molecule has 1 amide bonds. The van der Waals surface area contributed by atoms with E-state index >= 15 is 0 Å². The topological polar surface area (TPSA) is 45.7 Å². The fourth-order valence-corrected chi connectivity index (χ4v) is 2.47. The van der Waals surface area contributed by atoms with Gasteiger partial charge in [-0.15, -0.1) is 0 Å². The number of anilines is 1. The summed E-state index contributed by atoms with van der Waals surface area (Å²) in [4.78, 5) is 20.6. The summed E-state index contributed by atoms with van der Waals surface area (Å²) in [6.45, 7) is 11.9. The molecule has 0 spiro atoms. The molecule has 1 aliphatic rings. The quantitative estimate of drug-likeness (QED) is 0.798. The highest BCUT2D eigenvalue weighted by Gasteiger charge is 2.30. The van der Waals surface area contributed by atoms with Crippen LogP contribution in [-0.4, -0.2) is 47.3 Å². The van der Waals surface area contributed by atoms with E-state index in [4.69, 9.17) is 4.74 Å². The molecule has 1 fully saturated rings. The Morgan fingerprint density at radius 3 is 2.67 bits per heavy atom. The molecule has 116 valence electrons.